The Kier molecular flexibility index (Phi) is 6.03. The molecule has 0 saturated carbocycles. The molecule has 2 heterocycles. The van der Waals surface area contributed by atoms with Crippen molar-refractivity contribution in [2.75, 3.05) is 11.9 Å². The average Bonchev–Trinajstić information content (AvgIpc) is 3.52. The molecule has 5 rings (SSSR count). The van der Waals surface area contributed by atoms with Gasteiger partial charge in [-0.3, -0.25) is 9.36 Å². The standard InChI is InChI=1S/C26H23N5O3/c1-2-33-21-13-7-18(8-14-21)26-29-25(34-30-26)16-15-24(32)28-19-9-11-20(12-10-19)31-17-27-22-5-3-4-6-23(22)31/h3-14,17H,2,15-16H2,1H3,(H,28,32). The lowest BCUT2D eigenvalue weighted by Gasteiger charge is -2.07. The number of nitrogens with one attached hydrogen (secondary N) is 1. The minimum Gasteiger partial charge on any atom is -0.494 e. The molecule has 0 aliphatic carbocycles. The number of benzene rings is 3. The summed E-state index contributed by atoms with van der Waals surface area (Å²) in [5.41, 5.74) is 4.49. The van der Waals surface area contributed by atoms with Crippen LogP contribution in [0.3, 0.4) is 0 Å². The summed E-state index contributed by atoms with van der Waals surface area (Å²) in [5, 5.41) is 6.92. The molecule has 0 radical (unpaired) electrons. The molecule has 5 aromatic rings. The Morgan fingerprint density at radius 1 is 1.03 bits per heavy atom. The Morgan fingerprint density at radius 2 is 1.82 bits per heavy atom. The smallest absolute Gasteiger partial charge is 0.227 e. The number of aromatic nitrogens is 4. The number of anilines is 1. The highest BCUT2D eigenvalue weighted by molar-refractivity contribution is 5.91. The molecule has 170 valence electrons. The van der Waals surface area contributed by atoms with E-state index in [-0.39, 0.29) is 12.3 Å². The van der Waals surface area contributed by atoms with Crippen LogP contribution in [0.15, 0.2) is 83.6 Å². The second-order valence-electron chi connectivity index (χ2n) is 7.67. The van der Waals surface area contributed by atoms with Gasteiger partial charge in [-0.25, -0.2) is 4.98 Å². The van der Waals surface area contributed by atoms with Crippen molar-refractivity contribution in [1.29, 1.82) is 0 Å². The van der Waals surface area contributed by atoms with Crippen LogP contribution < -0.4 is 10.1 Å². The molecular weight excluding hydrogens is 430 g/mol. The molecule has 0 saturated heterocycles. The Bertz CT molecular complexity index is 1400. The first-order valence-electron chi connectivity index (χ1n) is 11.1. The van der Waals surface area contributed by atoms with Crippen molar-refractivity contribution >= 4 is 22.6 Å². The van der Waals surface area contributed by atoms with Gasteiger partial charge in [0.2, 0.25) is 17.6 Å². The molecule has 0 atom stereocenters. The first kappa shape index (κ1) is 21.4. The third-order valence-corrected chi connectivity index (χ3v) is 5.34. The molecule has 1 N–H and O–H groups in total. The number of hydrogen-bond acceptors (Lipinski definition) is 6. The van der Waals surface area contributed by atoms with Crippen molar-refractivity contribution in [3.8, 4) is 22.8 Å². The van der Waals surface area contributed by atoms with Crippen LogP contribution in [0.2, 0.25) is 0 Å². The molecule has 34 heavy (non-hydrogen) atoms. The van der Waals surface area contributed by atoms with Gasteiger partial charge in [-0.2, -0.15) is 4.98 Å². The fourth-order valence-corrected chi connectivity index (χ4v) is 3.65. The predicted octanol–water partition coefficient (Wildman–Crippen LogP) is 5.05. The monoisotopic (exact) mass is 453 g/mol. The number of hydrogen-bond donors (Lipinski definition) is 1. The van der Waals surface area contributed by atoms with Gasteiger partial charge in [0, 0.05) is 29.8 Å². The lowest BCUT2D eigenvalue weighted by atomic mass is 10.2. The number of aryl methyl sites for hydroxylation is 1. The predicted molar refractivity (Wildman–Crippen MR) is 129 cm³/mol. The summed E-state index contributed by atoms with van der Waals surface area (Å²) in [6.07, 6.45) is 2.39. The largest absolute Gasteiger partial charge is 0.494 e. The number of carbonyl (C=O) groups is 1. The first-order chi connectivity index (χ1) is 16.7. The number of imidazole rings is 1. The zero-order valence-corrected chi connectivity index (χ0v) is 18.6. The molecule has 8 nitrogen and oxygen atoms in total. The zero-order chi connectivity index (χ0) is 23.3. The molecular formula is C26H23N5O3. The Morgan fingerprint density at radius 3 is 2.62 bits per heavy atom. The summed E-state index contributed by atoms with van der Waals surface area (Å²) < 4.78 is 12.8. The van der Waals surface area contributed by atoms with Gasteiger partial charge >= 0.3 is 0 Å². The SMILES string of the molecule is CCOc1ccc(-c2noc(CCC(=O)Nc3ccc(-n4cnc5ccccc54)cc3)n2)cc1. The maximum Gasteiger partial charge on any atom is 0.227 e. The van der Waals surface area contributed by atoms with Crippen LogP contribution in [-0.4, -0.2) is 32.2 Å². The number of nitrogens with zero attached hydrogens (tertiary/aromatic N) is 4. The molecule has 0 spiro atoms. The van der Waals surface area contributed by atoms with Gasteiger partial charge in [0.05, 0.1) is 17.6 Å². The number of amides is 1. The molecule has 0 aliphatic rings. The number of para-hydroxylation sites is 2. The lowest BCUT2D eigenvalue weighted by molar-refractivity contribution is -0.116. The van der Waals surface area contributed by atoms with E-state index in [1.165, 1.54) is 0 Å². The zero-order valence-electron chi connectivity index (χ0n) is 18.6. The van der Waals surface area contributed by atoms with Gasteiger partial charge in [-0.15, -0.1) is 0 Å². The topological polar surface area (TPSA) is 95.1 Å². The molecule has 8 heteroatoms. The van der Waals surface area contributed by atoms with Crippen LogP contribution in [0.5, 0.6) is 5.75 Å². The highest BCUT2D eigenvalue weighted by Crippen LogP contribution is 2.21. The molecule has 2 aromatic heterocycles. The normalized spacial score (nSPS) is 11.0. The van der Waals surface area contributed by atoms with E-state index in [1.54, 1.807) is 6.33 Å². The van der Waals surface area contributed by atoms with E-state index < -0.39 is 0 Å². The van der Waals surface area contributed by atoms with Gasteiger partial charge in [-0.05, 0) is 67.6 Å². The molecule has 1 amide bonds. The maximum atomic E-state index is 12.4. The summed E-state index contributed by atoms with van der Waals surface area (Å²) in [6.45, 7) is 2.55. The van der Waals surface area contributed by atoms with Crippen molar-refractivity contribution in [2.45, 2.75) is 19.8 Å². The van der Waals surface area contributed by atoms with E-state index in [0.717, 1.165) is 33.7 Å². The van der Waals surface area contributed by atoms with Gasteiger partial charge < -0.3 is 14.6 Å². The highest BCUT2D eigenvalue weighted by atomic mass is 16.5. The molecule has 0 bridgehead atoms. The Labute approximate surface area is 196 Å². The highest BCUT2D eigenvalue weighted by Gasteiger charge is 2.12. The van der Waals surface area contributed by atoms with Crippen molar-refractivity contribution in [2.24, 2.45) is 0 Å². The lowest BCUT2D eigenvalue weighted by Crippen LogP contribution is -2.12. The van der Waals surface area contributed by atoms with E-state index in [9.17, 15) is 4.79 Å². The van der Waals surface area contributed by atoms with Crippen LogP contribution in [0, 0.1) is 0 Å². The minimum atomic E-state index is -0.123. The number of rotatable bonds is 8. The minimum absolute atomic E-state index is 0.123. The molecule has 3 aromatic carbocycles. The Balaban J connectivity index is 1.17. The van der Waals surface area contributed by atoms with Gasteiger partial charge in [-0.1, -0.05) is 17.3 Å². The van der Waals surface area contributed by atoms with Crippen LogP contribution >= 0.6 is 0 Å². The van der Waals surface area contributed by atoms with Gasteiger partial charge in [0.25, 0.3) is 0 Å². The maximum absolute atomic E-state index is 12.4. The summed E-state index contributed by atoms with van der Waals surface area (Å²) in [6, 6.07) is 23.1. The number of carbonyl (C=O) groups excluding carboxylic acids is 1. The number of ether oxygens (including phenoxy) is 1. The average molecular weight is 454 g/mol. The third-order valence-electron chi connectivity index (χ3n) is 5.34. The van der Waals surface area contributed by atoms with E-state index in [0.29, 0.717) is 24.7 Å². The van der Waals surface area contributed by atoms with Crippen molar-refractivity contribution < 1.29 is 14.1 Å². The summed E-state index contributed by atoms with van der Waals surface area (Å²) in [7, 11) is 0. The molecule has 0 unspecified atom stereocenters. The number of fused-ring (bicyclic) bond motifs is 1. The van der Waals surface area contributed by atoms with Crippen molar-refractivity contribution in [1.82, 2.24) is 19.7 Å². The van der Waals surface area contributed by atoms with E-state index in [1.807, 2.05) is 84.3 Å². The summed E-state index contributed by atoms with van der Waals surface area (Å²) in [5.74, 6) is 1.57. The summed E-state index contributed by atoms with van der Waals surface area (Å²) >= 11 is 0. The van der Waals surface area contributed by atoms with Crippen molar-refractivity contribution in [3.63, 3.8) is 0 Å². The van der Waals surface area contributed by atoms with Gasteiger partial charge in [0.1, 0.15) is 12.1 Å². The van der Waals surface area contributed by atoms with Crippen LogP contribution in [0.1, 0.15) is 19.2 Å². The first-order valence-corrected chi connectivity index (χ1v) is 11.1. The van der Waals surface area contributed by atoms with E-state index in [2.05, 4.69) is 20.4 Å². The summed E-state index contributed by atoms with van der Waals surface area (Å²) in [4.78, 5) is 21.2. The second kappa shape index (κ2) is 9.58. The van der Waals surface area contributed by atoms with Crippen LogP contribution in [0.25, 0.3) is 28.1 Å². The fourth-order valence-electron chi connectivity index (χ4n) is 3.65. The van der Waals surface area contributed by atoms with Crippen LogP contribution in [0.4, 0.5) is 5.69 Å². The molecule has 0 aliphatic heterocycles. The van der Waals surface area contributed by atoms with Crippen molar-refractivity contribution in [3.05, 3.63) is 85.0 Å². The molecule has 0 fully saturated rings. The van der Waals surface area contributed by atoms with Crippen LogP contribution in [-0.2, 0) is 11.2 Å². The second-order valence-corrected chi connectivity index (χ2v) is 7.67. The quantitative estimate of drug-likeness (QED) is 0.353. The van der Waals surface area contributed by atoms with E-state index in [4.69, 9.17) is 9.26 Å². The van der Waals surface area contributed by atoms with Gasteiger partial charge in [0.15, 0.2) is 0 Å². The third kappa shape index (κ3) is 4.66. The fraction of sp³-hybridized carbons (Fsp3) is 0.154. The Hall–Kier alpha value is -4.46. The van der Waals surface area contributed by atoms with E-state index >= 15 is 0 Å².